The molecule has 0 aliphatic rings. The first-order chi connectivity index (χ1) is 10.4. The number of ether oxygens (including phenoxy) is 1. The van der Waals surface area contributed by atoms with Gasteiger partial charge in [-0.05, 0) is 25.0 Å². The Morgan fingerprint density at radius 3 is 2.73 bits per heavy atom. The van der Waals surface area contributed by atoms with E-state index in [1.165, 1.54) is 6.07 Å². The molecule has 0 aliphatic carbocycles. The fourth-order valence-electron chi connectivity index (χ4n) is 1.60. The van der Waals surface area contributed by atoms with E-state index in [1.54, 1.807) is 19.1 Å². The van der Waals surface area contributed by atoms with E-state index in [1.807, 2.05) is 0 Å². The Kier molecular flexibility index (Phi) is 7.07. The molecule has 122 valence electrons. The molecule has 0 atom stereocenters. The minimum Gasteiger partial charge on any atom is -0.487 e. The number of amides is 2. The molecule has 2 amide bonds. The molecule has 0 spiro atoms. The van der Waals surface area contributed by atoms with Gasteiger partial charge in [0.2, 0.25) is 0 Å². The van der Waals surface area contributed by atoms with E-state index in [2.05, 4.69) is 10.6 Å². The highest BCUT2D eigenvalue weighted by molar-refractivity contribution is 5.89. The fraction of sp³-hybridized carbons (Fsp3) is 0.429. The van der Waals surface area contributed by atoms with Crippen molar-refractivity contribution in [1.29, 1.82) is 0 Å². The van der Waals surface area contributed by atoms with Crippen molar-refractivity contribution < 1.29 is 28.2 Å². The van der Waals surface area contributed by atoms with Crippen LogP contribution >= 0.6 is 0 Å². The van der Waals surface area contributed by atoms with Crippen LogP contribution < -0.4 is 15.4 Å². The van der Waals surface area contributed by atoms with Gasteiger partial charge in [-0.1, -0.05) is 6.07 Å². The van der Waals surface area contributed by atoms with Crippen molar-refractivity contribution in [3.63, 3.8) is 0 Å². The Balaban J connectivity index is 2.49. The molecule has 0 unspecified atom stereocenters. The number of carbonyl (C=O) groups excluding carboxylic acids is 1. The summed E-state index contributed by atoms with van der Waals surface area (Å²) >= 11 is 0. The number of carboxylic acids is 1. The number of aliphatic carboxylic acids is 1. The molecular weight excluding hydrogens is 298 g/mol. The van der Waals surface area contributed by atoms with E-state index in [-0.39, 0.29) is 18.7 Å². The Bertz CT molecular complexity index is 524. The number of aryl methyl sites for hydroxylation is 1. The Labute approximate surface area is 126 Å². The van der Waals surface area contributed by atoms with Crippen molar-refractivity contribution in [2.75, 3.05) is 18.5 Å². The van der Waals surface area contributed by atoms with Gasteiger partial charge in [-0.25, -0.2) is 13.6 Å². The van der Waals surface area contributed by atoms with Crippen molar-refractivity contribution in [1.82, 2.24) is 5.32 Å². The van der Waals surface area contributed by atoms with E-state index in [0.717, 1.165) is 0 Å². The minimum atomic E-state index is -2.58. The summed E-state index contributed by atoms with van der Waals surface area (Å²) in [6, 6.07) is 4.20. The van der Waals surface area contributed by atoms with Gasteiger partial charge in [-0.15, -0.1) is 0 Å². The average Bonchev–Trinajstić information content (AvgIpc) is 2.44. The maximum Gasteiger partial charge on any atom is 0.319 e. The molecule has 0 bridgehead atoms. The van der Waals surface area contributed by atoms with Crippen molar-refractivity contribution in [3.05, 3.63) is 23.8 Å². The minimum absolute atomic E-state index is 0.0313. The number of urea groups is 1. The largest absolute Gasteiger partial charge is 0.487 e. The summed E-state index contributed by atoms with van der Waals surface area (Å²) in [5.41, 5.74) is 1.07. The van der Waals surface area contributed by atoms with Crippen LogP contribution in [-0.2, 0) is 4.79 Å². The van der Waals surface area contributed by atoms with Gasteiger partial charge >= 0.3 is 12.0 Å². The number of anilines is 1. The number of nitrogens with one attached hydrogen (secondary N) is 2. The molecular formula is C14H18F2N2O4. The topological polar surface area (TPSA) is 87.7 Å². The quantitative estimate of drug-likeness (QED) is 0.643. The van der Waals surface area contributed by atoms with E-state index in [0.29, 0.717) is 17.7 Å². The van der Waals surface area contributed by atoms with Gasteiger partial charge in [0.1, 0.15) is 12.4 Å². The summed E-state index contributed by atoms with van der Waals surface area (Å²) in [5.74, 6) is -0.662. The van der Waals surface area contributed by atoms with Crippen molar-refractivity contribution in [2.45, 2.75) is 26.2 Å². The van der Waals surface area contributed by atoms with Gasteiger partial charge in [-0.2, -0.15) is 0 Å². The highest BCUT2D eigenvalue weighted by Gasteiger charge is 2.08. The van der Waals surface area contributed by atoms with Gasteiger partial charge in [0.05, 0.1) is 0 Å². The number of benzene rings is 1. The molecule has 1 aromatic carbocycles. The number of rotatable bonds is 8. The molecule has 1 aromatic rings. The third kappa shape index (κ3) is 6.87. The number of carboxylic acid groups (broad SMARTS) is 1. The second kappa shape index (κ2) is 8.81. The monoisotopic (exact) mass is 316 g/mol. The van der Waals surface area contributed by atoms with Crippen LogP contribution in [0.15, 0.2) is 18.2 Å². The molecule has 22 heavy (non-hydrogen) atoms. The standard InChI is InChI=1S/C14H18F2N2O4/c1-9-4-5-10(7-11(9)22-8-12(15)16)18-14(21)17-6-2-3-13(19)20/h4-5,7,12H,2-3,6,8H2,1H3,(H,19,20)(H2,17,18,21). The average molecular weight is 316 g/mol. The molecule has 8 heteroatoms. The molecule has 1 rings (SSSR count). The first-order valence-electron chi connectivity index (χ1n) is 6.66. The molecule has 3 N–H and O–H groups in total. The van der Waals surface area contributed by atoms with Gasteiger partial charge in [0, 0.05) is 24.7 Å². The molecule has 6 nitrogen and oxygen atoms in total. The van der Waals surface area contributed by atoms with Crippen LogP contribution in [0.5, 0.6) is 5.75 Å². The summed E-state index contributed by atoms with van der Waals surface area (Å²) in [6.45, 7) is 1.21. The zero-order chi connectivity index (χ0) is 16.5. The molecule has 0 aromatic heterocycles. The van der Waals surface area contributed by atoms with Crippen molar-refractivity contribution in [2.24, 2.45) is 0 Å². The summed E-state index contributed by atoms with van der Waals surface area (Å²) in [5, 5.41) is 13.5. The predicted molar refractivity (Wildman–Crippen MR) is 76.6 cm³/mol. The Morgan fingerprint density at radius 2 is 2.09 bits per heavy atom. The summed E-state index contributed by atoms with van der Waals surface area (Å²) in [7, 11) is 0. The lowest BCUT2D eigenvalue weighted by Gasteiger charge is -2.12. The predicted octanol–water partition coefficient (Wildman–Crippen LogP) is 2.63. The Morgan fingerprint density at radius 1 is 1.36 bits per heavy atom. The first kappa shape index (κ1) is 17.7. The highest BCUT2D eigenvalue weighted by Crippen LogP contribution is 2.23. The van der Waals surface area contributed by atoms with Crippen LogP contribution in [0.4, 0.5) is 19.3 Å². The zero-order valence-corrected chi connectivity index (χ0v) is 12.1. The third-order valence-corrected chi connectivity index (χ3v) is 2.66. The summed E-state index contributed by atoms with van der Waals surface area (Å²) < 4.78 is 29.3. The maximum atomic E-state index is 12.1. The third-order valence-electron chi connectivity index (χ3n) is 2.66. The number of alkyl halides is 2. The smallest absolute Gasteiger partial charge is 0.319 e. The van der Waals surface area contributed by atoms with Crippen LogP contribution in [0.2, 0.25) is 0 Å². The van der Waals surface area contributed by atoms with E-state index >= 15 is 0 Å². The summed E-state index contributed by atoms with van der Waals surface area (Å²) in [4.78, 5) is 21.9. The number of hydrogen-bond acceptors (Lipinski definition) is 3. The lowest BCUT2D eigenvalue weighted by atomic mass is 10.2. The molecule has 0 saturated heterocycles. The van der Waals surface area contributed by atoms with E-state index < -0.39 is 25.0 Å². The first-order valence-corrected chi connectivity index (χ1v) is 6.66. The second-order valence-electron chi connectivity index (χ2n) is 4.56. The highest BCUT2D eigenvalue weighted by atomic mass is 19.3. The van der Waals surface area contributed by atoms with Crippen LogP contribution in [-0.4, -0.2) is 36.7 Å². The Hall–Kier alpha value is -2.38. The van der Waals surface area contributed by atoms with Crippen molar-refractivity contribution in [3.8, 4) is 5.75 Å². The normalized spacial score (nSPS) is 10.4. The van der Waals surface area contributed by atoms with Crippen LogP contribution in [0.3, 0.4) is 0 Å². The van der Waals surface area contributed by atoms with Gasteiger partial charge in [-0.3, -0.25) is 4.79 Å². The maximum absolute atomic E-state index is 12.1. The zero-order valence-electron chi connectivity index (χ0n) is 12.1. The number of halogens is 2. The SMILES string of the molecule is Cc1ccc(NC(=O)NCCCC(=O)O)cc1OCC(F)F. The molecule has 0 aliphatic heterocycles. The van der Waals surface area contributed by atoms with E-state index in [4.69, 9.17) is 9.84 Å². The summed E-state index contributed by atoms with van der Waals surface area (Å²) in [6.07, 6.45) is -2.29. The second-order valence-corrected chi connectivity index (χ2v) is 4.56. The molecule has 0 heterocycles. The fourth-order valence-corrected chi connectivity index (χ4v) is 1.60. The van der Waals surface area contributed by atoms with Gasteiger partial charge in [0.15, 0.2) is 0 Å². The van der Waals surface area contributed by atoms with Gasteiger partial charge < -0.3 is 20.5 Å². The molecule has 0 fully saturated rings. The molecule has 0 radical (unpaired) electrons. The molecule has 0 saturated carbocycles. The van der Waals surface area contributed by atoms with Crippen LogP contribution in [0.25, 0.3) is 0 Å². The van der Waals surface area contributed by atoms with Crippen molar-refractivity contribution >= 4 is 17.7 Å². The van der Waals surface area contributed by atoms with E-state index in [9.17, 15) is 18.4 Å². The van der Waals surface area contributed by atoms with Crippen LogP contribution in [0.1, 0.15) is 18.4 Å². The van der Waals surface area contributed by atoms with Gasteiger partial charge in [0.25, 0.3) is 6.43 Å². The van der Waals surface area contributed by atoms with Crippen LogP contribution in [0, 0.1) is 6.92 Å². The lowest BCUT2D eigenvalue weighted by Crippen LogP contribution is -2.29. The number of hydrogen-bond donors (Lipinski definition) is 3. The number of carbonyl (C=O) groups is 2. The lowest BCUT2D eigenvalue weighted by molar-refractivity contribution is -0.137.